The third-order valence-corrected chi connectivity index (χ3v) is 3.68. The SMILES string of the molecule is CCCCC(CCC)Nc1ccc(C(N)=S)c(Cl)c1. The van der Waals surface area contributed by atoms with E-state index in [-0.39, 0.29) is 0 Å². The fourth-order valence-corrected chi connectivity index (χ4v) is 2.64. The van der Waals surface area contributed by atoms with Crippen LogP contribution in [0.1, 0.15) is 51.5 Å². The van der Waals surface area contributed by atoms with Gasteiger partial charge in [-0.1, -0.05) is 56.9 Å². The van der Waals surface area contributed by atoms with Crippen LogP contribution in [-0.2, 0) is 0 Å². The number of benzene rings is 1. The normalized spacial score (nSPS) is 12.2. The van der Waals surface area contributed by atoms with Gasteiger partial charge in [-0.3, -0.25) is 0 Å². The van der Waals surface area contributed by atoms with Gasteiger partial charge in [-0.25, -0.2) is 0 Å². The van der Waals surface area contributed by atoms with Gasteiger partial charge in [0, 0.05) is 17.3 Å². The van der Waals surface area contributed by atoms with Crippen molar-refractivity contribution in [3.63, 3.8) is 0 Å². The molecule has 3 N–H and O–H groups in total. The molecule has 0 aromatic heterocycles. The van der Waals surface area contributed by atoms with Crippen molar-refractivity contribution in [2.24, 2.45) is 5.73 Å². The Bertz CT molecular complexity index is 421. The summed E-state index contributed by atoms with van der Waals surface area (Å²) in [5.74, 6) is 0. The molecule has 0 spiro atoms. The van der Waals surface area contributed by atoms with Crippen LogP contribution in [0.2, 0.25) is 5.02 Å². The summed E-state index contributed by atoms with van der Waals surface area (Å²) in [5, 5.41) is 4.17. The third-order valence-electron chi connectivity index (χ3n) is 3.15. The van der Waals surface area contributed by atoms with Crippen LogP contribution in [0.15, 0.2) is 18.2 Å². The molecule has 0 aliphatic carbocycles. The fourth-order valence-electron chi connectivity index (χ4n) is 2.13. The number of nitrogens with two attached hydrogens (primary N) is 1. The van der Waals surface area contributed by atoms with Crippen molar-refractivity contribution in [3.8, 4) is 0 Å². The van der Waals surface area contributed by atoms with E-state index < -0.39 is 0 Å². The molecule has 2 nitrogen and oxygen atoms in total. The number of unbranched alkanes of at least 4 members (excludes halogenated alkanes) is 1. The lowest BCUT2D eigenvalue weighted by Gasteiger charge is -2.19. The van der Waals surface area contributed by atoms with Gasteiger partial charge in [0.15, 0.2) is 0 Å². The van der Waals surface area contributed by atoms with Gasteiger partial charge in [-0.15, -0.1) is 0 Å². The zero-order valence-electron chi connectivity index (χ0n) is 11.7. The van der Waals surface area contributed by atoms with Crippen LogP contribution in [0.5, 0.6) is 0 Å². The van der Waals surface area contributed by atoms with E-state index in [9.17, 15) is 0 Å². The van der Waals surface area contributed by atoms with Gasteiger partial charge in [0.25, 0.3) is 0 Å². The molecule has 1 rings (SSSR count). The first-order chi connectivity index (χ1) is 9.08. The molecule has 1 atom stereocenters. The largest absolute Gasteiger partial charge is 0.389 e. The number of rotatable bonds is 8. The second-order valence-electron chi connectivity index (χ2n) is 4.83. The van der Waals surface area contributed by atoms with Crippen LogP contribution >= 0.6 is 23.8 Å². The molecule has 0 saturated heterocycles. The van der Waals surface area contributed by atoms with E-state index in [1.54, 1.807) is 0 Å². The molecule has 1 aromatic carbocycles. The Balaban J connectivity index is 2.73. The minimum atomic E-state index is 0.340. The summed E-state index contributed by atoms with van der Waals surface area (Å²) in [6.07, 6.45) is 6.02. The van der Waals surface area contributed by atoms with Gasteiger partial charge >= 0.3 is 0 Å². The number of thiocarbonyl (C=S) groups is 1. The van der Waals surface area contributed by atoms with Gasteiger partial charge in [-0.2, -0.15) is 0 Å². The first-order valence-electron chi connectivity index (χ1n) is 6.94. The lowest BCUT2D eigenvalue weighted by atomic mass is 10.0. The fraction of sp³-hybridized carbons (Fsp3) is 0.533. The molecule has 1 aromatic rings. The van der Waals surface area contributed by atoms with E-state index >= 15 is 0 Å². The topological polar surface area (TPSA) is 38.0 Å². The minimum Gasteiger partial charge on any atom is -0.389 e. The Hall–Kier alpha value is -0.800. The minimum absolute atomic E-state index is 0.340. The molecule has 0 bridgehead atoms. The maximum absolute atomic E-state index is 6.18. The van der Waals surface area contributed by atoms with Gasteiger partial charge < -0.3 is 11.1 Å². The van der Waals surface area contributed by atoms with Gasteiger partial charge in [-0.05, 0) is 31.0 Å². The van der Waals surface area contributed by atoms with Crippen molar-refractivity contribution >= 4 is 34.5 Å². The zero-order valence-corrected chi connectivity index (χ0v) is 13.3. The number of halogens is 1. The molecule has 0 radical (unpaired) electrons. The lowest BCUT2D eigenvalue weighted by Crippen LogP contribution is -2.19. The Morgan fingerprint density at radius 2 is 2.05 bits per heavy atom. The molecule has 0 fully saturated rings. The summed E-state index contributed by atoms with van der Waals surface area (Å²) in [6, 6.07) is 6.30. The van der Waals surface area contributed by atoms with E-state index in [0.29, 0.717) is 16.1 Å². The summed E-state index contributed by atoms with van der Waals surface area (Å²) >= 11 is 11.1. The molecule has 0 saturated carbocycles. The van der Waals surface area contributed by atoms with E-state index in [2.05, 4.69) is 19.2 Å². The average Bonchev–Trinajstić information content (AvgIpc) is 2.36. The molecule has 19 heavy (non-hydrogen) atoms. The van der Waals surface area contributed by atoms with E-state index in [1.165, 1.54) is 32.1 Å². The maximum Gasteiger partial charge on any atom is 0.105 e. The van der Waals surface area contributed by atoms with Crippen LogP contribution < -0.4 is 11.1 Å². The van der Waals surface area contributed by atoms with Crippen LogP contribution in [0.25, 0.3) is 0 Å². The van der Waals surface area contributed by atoms with Crippen molar-refractivity contribution in [1.29, 1.82) is 0 Å². The molecule has 106 valence electrons. The molecular weight excluding hydrogens is 276 g/mol. The Morgan fingerprint density at radius 1 is 1.32 bits per heavy atom. The van der Waals surface area contributed by atoms with Crippen molar-refractivity contribution in [2.45, 2.75) is 52.0 Å². The third kappa shape index (κ3) is 5.37. The van der Waals surface area contributed by atoms with Crippen LogP contribution in [-0.4, -0.2) is 11.0 Å². The number of hydrogen-bond donors (Lipinski definition) is 2. The van der Waals surface area contributed by atoms with Gasteiger partial charge in [0.05, 0.1) is 5.02 Å². The number of hydrogen-bond acceptors (Lipinski definition) is 2. The summed E-state index contributed by atoms with van der Waals surface area (Å²) in [4.78, 5) is 0.340. The van der Waals surface area contributed by atoms with E-state index in [4.69, 9.17) is 29.6 Å². The summed E-state index contributed by atoms with van der Waals surface area (Å²) < 4.78 is 0. The molecule has 0 aliphatic rings. The molecule has 1 unspecified atom stereocenters. The second kappa shape index (κ2) is 8.39. The number of nitrogens with one attached hydrogen (secondary N) is 1. The highest BCUT2D eigenvalue weighted by Crippen LogP contribution is 2.23. The predicted molar refractivity (Wildman–Crippen MR) is 89.2 cm³/mol. The number of anilines is 1. The van der Waals surface area contributed by atoms with Crippen molar-refractivity contribution in [2.75, 3.05) is 5.32 Å². The lowest BCUT2D eigenvalue weighted by molar-refractivity contribution is 0.564. The summed E-state index contributed by atoms with van der Waals surface area (Å²) in [5.41, 5.74) is 7.39. The molecule has 0 aliphatic heterocycles. The van der Waals surface area contributed by atoms with Gasteiger partial charge in [0.1, 0.15) is 4.99 Å². The van der Waals surface area contributed by atoms with Crippen molar-refractivity contribution < 1.29 is 0 Å². The Morgan fingerprint density at radius 3 is 2.58 bits per heavy atom. The van der Waals surface area contributed by atoms with E-state index in [0.717, 1.165) is 11.3 Å². The van der Waals surface area contributed by atoms with Crippen LogP contribution in [0.4, 0.5) is 5.69 Å². The van der Waals surface area contributed by atoms with Crippen molar-refractivity contribution in [3.05, 3.63) is 28.8 Å². The van der Waals surface area contributed by atoms with Crippen LogP contribution in [0, 0.1) is 0 Å². The van der Waals surface area contributed by atoms with Crippen molar-refractivity contribution in [1.82, 2.24) is 0 Å². The molecular formula is C15H23ClN2S. The first-order valence-corrected chi connectivity index (χ1v) is 7.73. The highest BCUT2D eigenvalue weighted by molar-refractivity contribution is 7.80. The van der Waals surface area contributed by atoms with Gasteiger partial charge in [0.2, 0.25) is 0 Å². The monoisotopic (exact) mass is 298 g/mol. The standard InChI is InChI=1S/C15H23ClN2S/c1-3-5-7-11(6-4-2)18-12-8-9-13(15(17)19)14(16)10-12/h8-11,18H,3-7H2,1-2H3,(H2,17,19). The van der Waals surface area contributed by atoms with E-state index in [1.807, 2.05) is 18.2 Å². The molecule has 0 heterocycles. The van der Waals surface area contributed by atoms with Crippen LogP contribution in [0.3, 0.4) is 0 Å². The highest BCUT2D eigenvalue weighted by Gasteiger charge is 2.09. The maximum atomic E-state index is 6.18. The second-order valence-corrected chi connectivity index (χ2v) is 5.68. The predicted octanol–water partition coefficient (Wildman–Crippen LogP) is 4.75. The molecule has 4 heteroatoms. The Kier molecular flexibility index (Phi) is 7.17. The molecule has 0 amide bonds. The quantitative estimate of drug-likeness (QED) is 0.681. The average molecular weight is 299 g/mol. The zero-order chi connectivity index (χ0) is 14.3. The summed E-state index contributed by atoms with van der Waals surface area (Å²) in [6.45, 7) is 4.43. The Labute approximate surface area is 126 Å². The highest BCUT2D eigenvalue weighted by atomic mass is 35.5. The smallest absolute Gasteiger partial charge is 0.105 e. The summed E-state index contributed by atoms with van der Waals surface area (Å²) in [7, 11) is 0. The first kappa shape index (κ1) is 16.3.